The van der Waals surface area contributed by atoms with E-state index in [4.69, 9.17) is 4.74 Å². The van der Waals surface area contributed by atoms with Crippen LogP contribution in [0.5, 0.6) is 0 Å². The maximum atomic E-state index is 13.0. The fraction of sp³-hybridized carbons (Fsp3) is 0.200. The normalized spacial score (nSPS) is 10.9. The number of hydrogen-bond acceptors (Lipinski definition) is 5. The van der Waals surface area contributed by atoms with Crippen LogP contribution < -0.4 is 9.62 Å². The number of carbonyl (C=O) groups is 2. The number of benzene rings is 3. The predicted octanol–water partition coefficient (Wildman–Crippen LogP) is 4.23. The Labute approximate surface area is 194 Å². The average Bonchev–Trinajstić information content (AvgIpc) is 2.82. The second-order valence-corrected chi connectivity index (χ2v) is 9.22. The maximum Gasteiger partial charge on any atom is 0.338 e. The molecule has 7 nitrogen and oxygen atoms in total. The Morgan fingerprint density at radius 1 is 0.909 bits per heavy atom. The fourth-order valence-electron chi connectivity index (χ4n) is 3.19. The molecular weight excluding hydrogens is 440 g/mol. The van der Waals surface area contributed by atoms with Gasteiger partial charge in [0.15, 0.2) is 6.61 Å². The monoisotopic (exact) mass is 466 g/mol. The Morgan fingerprint density at radius 3 is 2.24 bits per heavy atom. The minimum atomic E-state index is -3.49. The van der Waals surface area contributed by atoms with Crippen molar-refractivity contribution in [2.75, 3.05) is 22.0 Å². The van der Waals surface area contributed by atoms with E-state index in [1.807, 2.05) is 60.7 Å². The van der Waals surface area contributed by atoms with E-state index in [0.717, 1.165) is 5.56 Å². The van der Waals surface area contributed by atoms with Gasteiger partial charge in [-0.1, -0.05) is 61.5 Å². The SMILES string of the molecule is CCCS(=O)(=O)Nc1cccc(C(=O)OCC(=O)N(Cc2ccccc2)c2ccccc2)c1. The number of carbonyl (C=O) groups excluding carboxylic acids is 2. The molecular formula is C25H26N2O5S. The zero-order valence-electron chi connectivity index (χ0n) is 18.3. The van der Waals surface area contributed by atoms with Crippen LogP contribution in [0.3, 0.4) is 0 Å². The van der Waals surface area contributed by atoms with Crippen LogP contribution in [-0.2, 0) is 26.1 Å². The van der Waals surface area contributed by atoms with E-state index in [9.17, 15) is 18.0 Å². The first kappa shape index (κ1) is 24.0. The van der Waals surface area contributed by atoms with Crippen LogP contribution in [0.1, 0.15) is 29.3 Å². The van der Waals surface area contributed by atoms with Crippen LogP contribution in [0, 0.1) is 0 Å². The lowest BCUT2D eigenvalue weighted by molar-refractivity contribution is -0.121. The minimum absolute atomic E-state index is 0.0209. The molecule has 8 heteroatoms. The van der Waals surface area contributed by atoms with Crippen molar-refractivity contribution in [2.24, 2.45) is 0 Å². The molecule has 0 bridgehead atoms. The number of ether oxygens (including phenoxy) is 1. The van der Waals surface area contributed by atoms with E-state index < -0.39 is 22.6 Å². The summed E-state index contributed by atoms with van der Waals surface area (Å²) in [7, 11) is -3.49. The number of para-hydroxylation sites is 1. The number of anilines is 2. The van der Waals surface area contributed by atoms with Gasteiger partial charge in [-0.05, 0) is 42.3 Å². The number of amides is 1. The highest BCUT2D eigenvalue weighted by molar-refractivity contribution is 7.92. The summed E-state index contributed by atoms with van der Waals surface area (Å²) in [5.74, 6) is -1.11. The van der Waals surface area contributed by atoms with Gasteiger partial charge < -0.3 is 9.64 Å². The smallest absolute Gasteiger partial charge is 0.338 e. The molecule has 0 fully saturated rings. The number of nitrogens with zero attached hydrogens (tertiary/aromatic N) is 1. The topological polar surface area (TPSA) is 92.8 Å². The predicted molar refractivity (Wildman–Crippen MR) is 128 cm³/mol. The van der Waals surface area contributed by atoms with Crippen molar-refractivity contribution in [3.05, 3.63) is 96.1 Å². The molecule has 0 saturated carbocycles. The molecule has 3 rings (SSSR count). The van der Waals surface area contributed by atoms with Gasteiger partial charge in [0.1, 0.15) is 0 Å². The van der Waals surface area contributed by atoms with E-state index in [1.165, 1.54) is 12.1 Å². The molecule has 0 aliphatic rings. The van der Waals surface area contributed by atoms with Crippen molar-refractivity contribution in [3.63, 3.8) is 0 Å². The van der Waals surface area contributed by atoms with Crippen molar-refractivity contribution in [2.45, 2.75) is 19.9 Å². The van der Waals surface area contributed by atoms with Gasteiger partial charge in [0.25, 0.3) is 5.91 Å². The largest absolute Gasteiger partial charge is 0.452 e. The van der Waals surface area contributed by atoms with E-state index in [2.05, 4.69) is 4.72 Å². The number of esters is 1. The molecule has 1 amide bonds. The number of sulfonamides is 1. The highest BCUT2D eigenvalue weighted by Crippen LogP contribution is 2.18. The van der Waals surface area contributed by atoms with Gasteiger partial charge in [-0.25, -0.2) is 13.2 Å². The van der Waals surface area contributed by atoms with E-state index in [-0.39, 0.29) is 22.9 Å². The molecule has 3 aromatic rings. The Bertz CT molecular complexity index is 1180. The van der Waals surface area contributed by atoms with E-state index in [0.29, 0.717) is 18.7 Å². The molecule has 0 unspecified atom stereocenters. The molecule has 172 valence electrons. The summed E-state index contributed by atoms with van der Waals surface area (Å²) in [6, 6.07) is 24.7. The summed E-state index contributed by atoms with van der Waals surface area (Å²) in [6.07, 6.45) is 0.472. The standard InChI is InChI=1S/C25H26N2O5S/c1-2-16-33(30,31)26-22-13-9-12-21(17-22)25(29)32-19-24(28)27(23-14-7-4-8-15-23)18-20-10-5-3-6-11-20/h3-15,17,26H,2,16,18-19H2,1H3. The van der Waals surface area contributed by atoms with Crippen LogP contribution in [0.15, 0.2) is 84.9 Å². The molecule has 0 atom stereocenters. The average molecular weight is 467 g/mol. The third-order valence-electron chi connectivity index (χ3n) is 4.72. The molecule has 0 radical (unpaired) electrons. The van der Waals surface area contributed by atoms with Crippen LogP contribution in [0.25, 0.3) is 0 Å². The van der Waals surface area contributed by atoms with Gasteiger partial charge in [-0.15, -0.1) is 0 Å². The summed E-state index contributed by atoms with van der Waals surface area (Å²) in [5.41, 5.74) is 2.04. The van der Waals surface area contributed by atoms with Crippen molar-refractivity contribution in [1.29, 1.82) is 0 Å². The summed E-state index contributed by atoms with van der Waals surface area (Å²) in [4.78, 5) is 27.1. The van der Waals surface area contributed by atoms with Gasteiger partial charge in [-0.2, -0.15) is 0 Å². The van der Waals surface area contributed by atoms with Gasteiger partial charge in [0.2, 0.25) is 10.0 Å². The minimum Gasteiger partial charge on any atom is -0.452 e. The first-order valence-corrected chi connectivity index (χ1v) is 12.2. The molecule has 0 aliphatic carbocycles. The Hall–Kier alpha value is -3.65. The second-order valence-electron chi connectivity index (χ2n) is 7.38. The van der Waals surface area contributed by atoms with Crippen molar-refractivity contribution in [1.82, 2.24) is 0 Å². The zero-order valence-corrected chi connectivity index (χ0v) is 19.1. The molecule has 33 heavy (non-hydrogen) atoms. The van der Waals surface area contributed by atoms with Crippen molar-refractivity contribution >= 4 is 33.3 Å². The van der Waals surface area contributed by atoms with Gasteiger partial charge >= 0.3 is 5.97 Å². The van der Waals surface area contributed by atoms with Crippen LogP contribution in [0.2, 0.25) is 0 Å². The molecule has 0 aromatic heterocycles. The third-order valence-corrected chi connectivity index (χ3v) is 6.22. The van der Waals surface area contributed by atoms with Crippen molar-refractivity contribution in [3.8, 4) is 0 Å². The quantitative estimate of drug-likeness (QED) is 0.452. The summed E-state index contributed by atoms with van der Waals surface area (Å²) in [6.45, 7) is 1.64. The third kappa shape index (κ3) is 7.18. The molecule has 1 N–H and O–H groups in total. The zero-order chi connectivity index (χ0) is 23.7. The summed E-state index contributed by atoms with van der Waals surface area (Å²) in [5, 5.41) is 0. The Kier molecular flexibility index (Phi) is 8.21. The fourth-order valence-corrected chi connectivity index (χ4v) is 4.32. The number of hydrogen-bond donors (Lipinski definition) is 1. The number of nitrogens with one attached hydrogen (secondary N) is 1. The summed E-state index contributed by atoms with van der Waals surface area (Å²) < 4.78 is 31.6. The van der Waals surface area contributed by atoms with Gasteiger partial charge in [0, 0.05) is 11.4 Å². The van der Waals surface area contributed by atoms with Crippen molar-refractivity contribution < 1.29 is 22.7 Å². The van der Waals surface area contributed by atoms with Crippen LogP contribution in [0.4, 0.5) is 11.4 Å². The van der Waals surface area contributed by atoms with Crippen LogP contribution in [-0.4, -0.2) is 32.7 Å². The van der Waals surface area contributed by atoms with Crippen LogP contribution >= 0.6 is 0 Å². The second kappa shape index (κ2) is 11.3. The Balaban J connectivity index is 1.69. The highest BCUT2D eigenvalue weighted by Gasteiger charge is 2.19. The lowest BCUT2D eigenvalue weighted by Crippen LogP contribution is -2.34. The molecule has 0 spiro atoms. The first-order chi connectivity index (χ1) is 15.9. The Morgan fingerprint density at radius 2 is 1.58 bits per heavy atom. The lowest BCUT2D eigenvalue weighted by atomic mass is 10.2. The molecule has 0 heterocycles. The lowest BCUT2D eigenvalue weighted by Gasteiger charge is -2.23. The highest BCUT2D eigenvalue weighted by atomic mass is 32.2. The molecule has 3 aromatic carbocycles. The first-order valence-electron chi connectivity index (χ1n) is 10.5. The molecule has 0 aliphatic heterocycles. The number of rotatable bonds is 10. The molecule has 0 saturated heterocycles. The van der Waals surface area contributed by atoms with Gasteiger partial charge in [0.05, 0.1) is 17.9 Å². The van der Waals surface area contributed by atoms with Gasteiger partial charge in [-0.3, -0.25) is 9.52 Å². The van der Waals surface area contributed by atoms with E-state index >= 15 is 0 Å². The van der Waals surface area contributed by atoms with E-state index in [1.54, 1.807) is 24.0 Å². The summed E-state index contributed by atoms with van der Waals surface area (Å²) >= 11 is 0. The maximum absolute atomic E-state index is 13.0.